The summed E-state index contributed by atoms with van der Waals surface area (Å²) in [6.45, 7) is 6.30. The van der Waals surface area contributed by atoms with Gasteiger partial charge >= 0.3 is 0 Å². The first-order valence-corrected chi connectivity index (χ1v) is 7.45. The molecule has 1 N–H and O–H groups in total. The molecule has 102 valence electrons. The maximum Gasteiger partial charge on any atom is 0.148 e. The van der Waals surface area contributed by atoms with Crippen LogP contribution >= 0.6 is 15.9 Å². The average molecular weight is 315 g/mol. The molecule has 0 aliphatic carbocycles. The fraction of sp³-hybridized carbons (Fsp3) is 0.692. The predicted molar refractivity (Wildman–Crippen MR) is 81.3 cm³/mol. The van der Waals surface area contributed by atoms with Crippen LogP contribution in [0, 0.1) is 0 Å². The van der Waals surface area contributed by atoms with Crippen molar-refractivity contribution < 1.29 is 0 Å². The zero-order valence-corrected chi connectivity index (χ0v) is 13.1. The van der Waals surface area contributed by atoms with E-state index in [1.54, 1.807) is 6.33 Å². The second-order valence-electron chi connectivity index (χ2n) is 4.42. The molecule has 0 saturated heterocycles. The van der Waals surface area contributed by atoms with E-state index in [1.807, 2.05) is 0 Å². The summed E-state index contributed by atoms with van der Waals surface area (Å²) in [6, 6.07) is 0. The fourth-order valence-electron chi connectivity index (χ4n) is 1.70. The molecule has 18 heavy (non-hydrogen) atoms. The normalized spacial score (nSPS) is 10.4. The van der Waals surface area contributed by atoms with E-state index in [0.29, 0.717) is 0 Å². The molecule has 0 aromatic carbocycles. The van der Waals surface area contributed by atoms with Crippen molar-refractivity contribution in [3.8, 4) is 0 Å². The Hall–Kier alpha value is -0.840. The first-order valence-electron chi connectivity index (χ1n) is 6.66. The van der Waals surface area contributed by atoms with Gasteiger partial charge in [-0.1, -0.05) is 26.7 Å². The van der Waals surface area contributed by atoms with Gasteiger partial charge in [0.1, 0.15) is 22.4 Å². The third kappa shape index (κ3) is 4.44. The lowest BCUT2D eigenvalue weighted by Gasteiger charge is -2.20. The molecule has 0 aliphatic heterocycles. The molecule has 5 heteroatoms. The third-order valence-corrected chi connectivity index (χ3v) is 3.50. The Bertz CT molecular complexity index is 357. The second-order valence-corrected chi connectivity index (χ2v) is 5.21. The van der Waals surface area contributed by atoms with E-state index in [-0.39, 0.29) is 0 Å². The molecular formula is C13H23BrN4. The monoisotopic (exact) mass is 314 g/mol. The Labute approximate surface area is 118 Å². The van der Waals surface area contributed by atoms with E-state index < -0.39 is 0 Å². The number of hydrogen-bond donors (Lipinski definition) is 1. The molecule has 0 amide bonds. The minimum absolute atomic E-state index is 0.879. The number of rotatable bonds is 8. The maximum atomic E-state index is 4.35. The highest BCUT2D eigenvalue weighted by Crippen LogP contribution is 2.28. The summed E-state index contributed by atoms with van der Waals surface area (Å²) in [4.78, 5) is 10.8. The standard InChI is InChI=1S/C13H23BrN4/c1-4-6-7-9-18(3)13-11(14)12(15-8-5-2)16-10-17-13/h10H,4-9H2,1-3H3,(H,15,16,17). The van der Waals surface area contributed by atoms with Crippen molar-refractivity contribution in [1.82, 2.24) is 9.97 Å². The number of nitrogens with zero attached hydrogens (tertiary/aromatic N) is 3. The van der Waals surface area contributed by atoms with Gasteiger partial charge in [0.25, 0.3) is 0 Å². The summed E-state index contributed by atoms with van der Waals surface area (Å²) in [7, 11) is 2.08. The van der Waals surface area contributed by atoms with Gasteiger partial charge in [0.2, 0.25) is 0 Å². The van der Waals surface area contributed by atoms with Crippen molar-refractivity contribution in [3.63, 3.8) is 0 Å². The molecule has 0 aliphatic rings. The maximum absolute atomic E-state index is 4.35. The quantitative estimate of drug-likeness (QED) is 0.743. The largest absolute Gasteiger partial charge is 0.369 e. The van der Waals surface area contributed by atoms with Gasteiger partial charge in [0.15, 0.2) is 0 Å². The number of aromatic nitrogens is 2. The third-order valence-electron chi connectivity index (χ3n) is 2.77. The number of halogens is 1. The summed E-state index contributed by atoms with van der Waals surface area (Å²) < 4.78 is 0.956. The number of nitrogens with one attached hydrogen (secondary N) is 1. The summed E-state index contributed by atoms with van der Waals surface area (Å²) in [6.07, 6.45) is 6.39. The van der Waals surface area contributed by atoms with E-state index in [2.05, 4.69) is 57.0 Å². The van der Waals surface area contributed by atoms with E-state index in [9.17, 15) is 0 Å². The van der Waals surface area contributed by atoms with Crippen LogP contribution in [0.3, 0.4) is 0 Å². The summed E-state index contributed by atoms with van der Waals surface area (Å²) in [5.74, 6) is 1.84. The fourth-order valence-corrected chi connectivity index (χ4v) is 2.35. The molecule has 1 aromatic rings. The van der Waals surface area contributed by atoms with Gasteiger partial charge in [-0.2, -0.15) is 0 Å². The average Bonchev–Trinajstić information content (AvgIpc) is 2.37. The number of unbranched alkanes of at least 4 members (excludes halogenated alkanes) is 2. The van der Waals surface area contributed by atoms with Crippen LogP contribution in [-0.4, -0.2) is 30.1 Å². The molecule has 0 bridgehead atoms. The van der Waals surface area contributed by atoms with E-state index >= 15 is 0 Å². The van der Waals surface area contributed by atoms with Crippen molar-refractivity contribution in [2.75, 3.05) is 30.4 Å². The Morgan fingerprint density at radius 3 is 2.67 bits per heavy atom. The van der Waals surface area contributed by atoms with Crippen LogP contribution in [0.15, 0.2) is 10.8 Å². The van der Waals surface area contributed by atoms with E-state index in [4.69, 9.17) is 0 Å². The summed E-state index contributed by atoms with van der Waals surface area (Å²) in [5.41, 5.74) is 0. The zero-order valence-electron chi connectivity index (χ0n) is 11.5. The van der Waals surface area contributed by atoms with Crippen LogP contribution in [0.2, 0.25) is 0 Å². The number of anilines is 2. The highest BCUT2D eigenvalue weighted by molar-refractivity contribution is 9.10. The molecule has 4 nitrogen and oxygen atoms in total. The second kappa shape index (κ2) is 8.29. The van der Waals surface area contributed by atoms with Gasteiger partial charge < -0.3 is 10.2 Å². The lowest BCUT2D eigenvalue weighted by Crippen LogP contribution is -2.21. The van der Waals surface area contributed by atoms with Gasteiger partial charge in [-0.25, -0.2) is 9.97 Å². The Kier molecular flexibility index (Phi) is 7.01. The van der Waals surface area contributed by atoms with Crippen molar-refractivity contribution in [3.05, 3.63) is 10.8 Å². The van der Waals surface area contributed by atoms with Crippen LogP contribution in [-0.2, 0) is 0 Å². The topological polar surface area (TPSA) is 41.1 Å². The molecular weight excluding hydrogens is 292 g/mol. The van der Waals surface area contributed by atoms with Crippen molar-refractivity contribution in [2.24, 2.45) is 0 Å². The van der Waals surface area contributed by atoms with Crippen LogP contribution in [0.4, 0.5) is 11.6 Å². The van der Waals surface area contributed by atoms with E-state index in [0.717, 1.165) is 35.6 Å². The van der Waals surface area contributed by atoms with Crippen LogP contribution in [0.5, 0.6) is 0 Å². The summed E-state index contributed by atoms with van der Waals surface area (Å²) >= 11 is 3.59. The van der Waals surface area contributed by atoms with Crippen molar-refractivity contribution in [1.29, 1.82) is 0 Å². The molecule has 1 rings (SSSR count). The lowest BCUT2D eigenvalue weighted by atomic mass is 10.2. The Balaban J connectivity index is 2.69. The Morgan fingerprint density at radius 2 is 2.00 bits per heavy atom. The van der Waals surface area contributed by atoms with Crippen LogP contribution < -0.4 is 10.2 Å². The number of hydrogen-bond acceptors (Lipinski definition) is 4. The molecule has 1 aromatic heterocycles. The van der Waals surface area contributed by atoms with Gasteiger partial charge in [-0.3, -0.25) is 0 Å². The first-order chi connectivity index (χ1) is 8.70. The minimum Gasteiger partial charge on any atom is -0.369 e. The summed E-state index contributed by atoms with van der Waals surface area (Å²) in [5, 5.41) is 3.30. The zero-order chi connectivity index (χ0) is 13.4. The van der Waals surface area contributed by atoms with Crippen molar-refractivity contribution >= 4 is 27.6 Å². The molecule has 1 heterocycles. The Morgan fingerprint density at radius 1 is 1.22 bits per heavy atom. The molecule has 0 fully saturated rings. The van der Waals surface area contributed by atoms with Gasteiger partial charge in [-0.15, -0.1) is 0 Å². The minimum atomic E-state index is 0.879. The van der Waals surface area contributed by atoms with Crippen LogP contribution in [0.1, 0.15) is 39.5 Å². The first kappa shape index (κ1) is 15.2. The smallest absolute Gasteiger partial charge is 0.148 e. The lowest BCUT2D eigenvalue weighted by molar-refractivity contribution is 0.700. The predicted octanol–water partition coefficient (Wildman–Crippen LogP) is 3.69. The van der Waals surface area contributed by atoms with Crippen molar-refractivity contribution in [2.45, 2.75) is 39.5 Å². The van der Waals surface area contributed by atoms with Crippen LogP contribution in [0.25, 0.3) is 0 Å². The van der Waals surface area contributed by atoms with E-state index in [1.165, 1.54) is 19.3 Å². The SMILES string of the molecule is CCCCCN(C)c1ncnc(NCCC)c1Br. The van der Waals surface area contributed by atoms with Gasteiger partial charge in [0, 0.05) is 20.1 Å². The van der Waals surface area contributed by atoms with Gasteiger partial charge in [0.05, 0.1) is 0 Å². The highest BCUT2D eigenvalue weighted by atomic mass is 79.9. The molecule has 0 saturated carbocycles. The highest BCUT2D eigenvalue weighted by Gasteiger charge is 2.11. The molecule has 0 atom stereocenters. The van der Waals surface area contributed by atoms with Gasteiger partial charge in [-0.05, 0) is 28.8 Å². The molecule has 0 spiro atoms. The molecule has 0 unspecified atom stereocenters. The molecule has 0 radical (unpaired) electrons.